The molecule has 1 aliphatic heterocycles. The summed E-state index contributed by atoms with van der Waals surface area (Å²) in [5.41, 5.74) is 0.985. The van der Waals surface area contributed by atoms with E-state index in [0.717, 1.165) is 9.48 Å². The first-order valence-electron chi connectivity index (χ1n) is 10.1. The van der Waals surface area contributed by atoms with Gasteiger partial charge >= 0.3 is 0 Å². The van der Waals surface area contributed by atoms with Gasteiger partial charge in [0.2, 0.25) is 10.9 Å². The van der Waals surface area contributed by atoms with Crippen molar-refractivity contribution in [1.29, 1.82) is 0 Å². The lowest BCUT2D eigenvalue weighted by atomic mass is 9.98. The second-order valence-corrected chi connectivity index (χ2v) is 9.29. The predicted octanol–water partition coefficient (Wildman–Crippen LogP) is 4.74. The molecule has 4 aromatic rings. The fourth-order valence-electron chi connectivity index (χ4n) is 3.97. The van der Waals surface area contributed by atoms with Crippen LogP contribution in [0.3, 0.4) is 0 Å². The van der Waals surface area contributed by atoms with Gasteiger partial charge in [-0.05, 0) is 42.3 Å². The summed E-state index contributed by atoms with van der Waals surface area (Å²) < 4.78 is 17.5. The highest BCUT2D eigenvalue weighted by Gasteiger charge is 2.45. The molecule has 1 amide bonds. The first kappa shape index (κ1) is 21.6. The minimum Gasteiger partial charge on any atom is -0.493 e. The molecule has 0 saturated carbocycles. The standard InChI is InChI=1S/C23H18BrN3O5S/c1-4-17-25-26-23(33-17)27-19(11-5-7-15(30-2)16(9-11)31-3)18-20(28)13-10-12(24)6-8-14(13)32-21(18)22(27)29/h5-10,19H,4H2,1-3H3. The highest BCUT2D eigenvalue weighted by Crippen LogP contribution is 2.44. The summed E-state index contributed by atoms with van der Waals surface area (Å²) in [4.78, 5) is 28.7. The van der Waals surface area contributed by atoms with Gasteiger partial charge in [0, 0.05) is 4.47 Å². The van der Waals surface area contributed by atoms with E-state index in [0.29, 0.717) is 39.6 Å². The van der Waals surface area contributed by atoms with Crippen molar-refractivity contribution in [1.82, 2.24) is 10.2 Å². The molecule has 10 heteroatoms. The number of halogens is 1. The number of hydrogen-bond acceptors (Lipinski definition) is 8. The Labute approximate surface area is 200 Å². The Hall–Kier alpha value is -3.24. The fourth-order valence-corrected chi connectivity index (χ4v) is 5.13. The van der Waals surface area contributed by atoms with Gasteiger partial charge in [0.1, 0.15) is 10.6 Å². The van der Waals surface area contributed by atoms with Gasteiger partial charge in [-0.15, -0.1) is 10.2 Å². The van der Waals surface area contributed by atoms with Crippen molar-refractivity contribution in [2.24, 2.45) is 0 Å². The molecule has 1 unspecified atom stereocenters. The zero-order chi connectivity index (χ0) is 23.3. The highest BCUT2D eigenvalue weighted by molar-refractivity contribution is 9.10. The third-order valence-electron chi connectivity index (χ3n) is 5.52. The zero-order valence-electron chi connectivity index (χ0n) is 17.9. The number of methoxy groups -OCH3 is 2. The second kappa shape index (κ2) is 8.27. The molecule has 5 rings (SSSR count). The number of benzene rings is 2. The Kier molecular flexibility index (Phi) is 5.41. The highest BCUT2D eigenvalue weighted by atomic mass is 79.9. The van der Waals surface area contributed by atoms with Gasteiger partial charge in [-0.25, -0.2) is 0 Å². The predicted molar refractivity (Wildman–Crippen MR) is 128 cm³/mol. The van der Waals surface area contributed by atoms with Crippen LogP contribution in [-0.2, 0) is 6.42 Å². The summed E-state index contributed by atoms with van der Waals surface area (Å²) in [5, 5.41) is 9.97. The lowest BCUT2D eigenvalue weighted by molar-refractivity contribution is 0.0970. The van der Waals surface area contributed by atoms with E-state index in [9.17, 15) is 9.59 Å². The molecule has 0 spiro atoms. The van der Waals surface area contributed by atoms with E-state index in [1.165, 1.54) is 23.3 Å². The summed E-state index contributed by atoms with van der Waals surface area (Å²) in [7, 11) is 3.08. The van der Waals surface area contributed by atoms with E-state index in [1.807, 2.05) is 6.92 Å². The largest absolute Gasteiger partial charge is 0.493 e. The summed E-state index contributed by atoms with van der Waals surface area (Å²) in [5.74, 6) is 0.583. The average molecular weight is 528 g/mol. The van der Waals surface area contributed by atoms with Gasteiger partial charge < -0.3 is 13.9 Å². The summed E-state index contributed by atoms with van der Waals surface area (Å²) in [6.45, 7) is 1.96. The van der Waals surface area contributed by atoms with Crippen LogP contribution in [0.5, 0.6) is 11.5 Å². The van der Waals surface area contributed by atoms with Crippen molar-refractivity contribution in [3.8, 4) is 11.5 Å². The van der Waals surface area contributed by atoms with Gasteiger partial charge in [0.25, 0.3) is 5.91 Å². The second-order valence-electron chi connectivity index (χ2n) is 7.34. The van der Waals surface area contributed by atoms with Crippen LogP contribution in [0.2, 0.25) is 0 Å². The number of ether oxygens (including phenoxy) is 2. The number of nitrogens with zero attached hydrogens (tertiary/aromatic N) is 3. The number of carbonyl (C=O) groups is 1. The summed E-state index contributed by atoms with van der Waals surface area (Å²) in [6.07, 6.45) is 0.683. The molecule has 0 N–H and O–H groups in total. The van der Waals surface area contributed by atoms with Gasteiger partial charge in [-0.3, -0.25) is 14.5 Å². The average Bonchev–Trinajstić information content (AvgIpc) is 3.41. The molecule has 0 fully saturated rings. The number of hydrogen-bond donors (Lipinski definition) is 0. The minimum absolute atomic E-state index is 0.00264. The molecule has 0 saturated heterocycles. The maximum Gasteiger partial charge on any atom is 0.297 e. The normalized spacial score (nSPS) is 15.2. The molecule has 2 aromatic heterocycles. The monoisotopic (exact) mass is 527 g/mol. The molecule has 0 aliphatic carbocycles. The molecular weight excluding hydrogens is 510 g/mol. The van der Waals surface area contributed by atoms with Crippen molar-refractivity contribution < 1.29 is 18.7 Å². The van der Waals surface area contributed by atoms with Crippen LogP contribution in [-0.4, -0.2) is 30.3 Å². The summed E-state index contributed by atoms with van der Waals surface area (Å²) >= 11 is 4.72. The van der Waals surface area contributed by atoms with Crippen LogP contribution in [0.4, 0.5) is 5.13 Å². The van der Waals surface area contributed by atoms with E-state index >= 15 is 0 Å². The van der Waals surface area contributed by atoms with E-state index in [1.54, 1.807) is 43.5 Å². The van der Waals surface area contributed by atoms with Gasteiger partial charge in [-0.1, -0.05) is 40.3 Å². The number of aromatic nitrogens is 2. The molecule has 168 valence electrons. The Balaban J connectivity index is 1.80. The van der Waals surface area contributed by atoms with E-state index < -0.39 is 11.9 Å². The number of amides is 1. The molecule has 33 heavy (non-hydrogen) atoms. The quantitative estimate of drug-likeness (QED) is 0.370. The Morgan fingerprint density at radius 2 is 1.88 bits per heavy atom. The Bertz CT molecular complexity index is 1460. The van der Waals surface area contributed by atoms with Crippen LogP contribution >= 0.6 is 27.3 Å². The van der Waals surface area contributed by atoms with Crippen molar-refractivity contribution >= 4 is 49.3 Å². The number of rotatable bonds is 5. The molecule has 2 aromatic carbocycles. The smallest absolute Gasteiger partial charge is 0.297 e. The first-order valence-corrected chi connectivity index (χ1v) is 11.7. The SMILES string of the molecule is CCc1nnc(N2C(=O)c3oc4ccc(Br)cc4c(=O)c3C2c2ccc(OC)c(OC)c2)s1. The van der Waals surface area contributed by atoms with E-state index in [2.05, 4.69) is 26.1 Å². The topological polar surface area (TPSA) is 94.8 Å². The summed E-state index contributed by atoms with van der Waals surface area (Å²) in [6, 6.07) is 9.66. The maximum atomic E-state index is 13.7. The minimum atomic E-state index is -0.760. The first-order chi connectivity index (χ1) is 16.0. The number of aryl methyl sites for hydroxylation is 1. The molecule has 1 atom stereocenters. The van der Waals surface area contributed by atoms with Crippen molar-refractivity contribution in [3.05, 3.63) is 73.0 Å². The van der Waals surface area contributed by atoms with E-state index in [-0.39, 0.29) is 16.8 Å². The molecule has 0 bridgehead atoms. The Morgan fingerprint density at radius 1 is 1.09 bits per heavy atom. The maximum absolute atomic E-state index is 13.7. The lowest BCUT2D eigenvalue weighted by Gasteiger charge is -2.23. The molecular formula is C23H18BrN3O5S. The van der Waals surface area contributed by atoms with Gasteiger partial charge in [-0.2, -0.15) is 0 Å². The lowest BCUT2D eigenvalue weighted by Crippen LogP contribution is -2.29. The van der Waals surface area contributed by atoms with Crippen LogP contribution in [0.15, 0.2) is 50.1 Å². The number of fused-ring (bicyclic) bond motifs is 2. The van der Waals surface area contributed by atoms with Crippen LogP contribution in [0.25, 0.3) is 11.0 Å². The van der Waals surface area contributed by atoms with Crippen LogP contribution in [0, 0.1) is 0 Å². The van der Waals surface area contributed by atoms with E-state index in [4.69, 9.17) is 13.9 Å². The Morgan fingerprint density at radius 3 is 2.58 bits per heavy atom. The van der Waals surface area contributed by atoms with Crippen LogP contribution in [0.1, 0.15) is 39.7 Å². The van der Waals surface area contributed by atoms with Crippen LogP contribution < -0.4 is 19.8 Å². The van der Waals surface area contributed by atoms with Gasteiger partial charge in [0.05, 0.1) is 31.2 Å². The zero-order valence-corrected chi connectivity index (χ0v) is 20.3. The van der Waals surface area contributed by atoms with Gasteiger partial charge in [0.15, 0.2) is 16.9 Å². The molecule has 1 aliphatic rings. The number of carbonyl (C=O) groups excluding carboxylic acids is 1. The van der Waals surface area contributed by atoms with Crippen molar-refractivity contribution in [3.63, 3.8) is 0 Å². The van der Waals surface area contributed by atoms with Crippen molar-refractivity contribution in [2.45, 2.75) is 19.4 Å². The van der Waals surface area contributed by atoms with Crippen molar-refractivity contribution in [2.75, 3.05) is 19.1 Å². The third-order valence-corrected chi connectivity index (χ3v) is 7.08. The third kappa shape index (κ3) is 3.41. The molecule has 8 nitrogen and oxygen atoms in total. The fraction of sp³-hybridized carbons (Fsp3) is 0.217. The molecule has 0 radical (unpaired) electrons. The molecule has 3 heterocycles. The number of anilines is 1.